The molecule has 0 unspecified atom stereocenters. The minimum Gasteiger partial charge on any atom is -0.497 e. The molecule has 0 aromatic heterocycles. The number of hydrogen-bond donors (Lipinski definition) is 0. The lowest BCUT2D eigenvalue weighted by molar-refractivity contribution is -0.132. The number of methoxy groups -OCH3 is 3. The normalized spacial score (nSPS) is 10.2. The summed E-state index contributed by atoms with van der Waals surface area (Å²) < 4.78 is 14.6. The summed E-state index contributed by atoms with van der Waals surface area (Å²) in [7, 11) is 4.37. The maximum absolute atomic E-state index is 10.9. The second kappa shape index (κ2) is 5.75. The second-order valence-corrected chi connectivity index (χ2v) is 2.82. The molecule has 0 aliphatic rings. The van der Waals surface area contributed by atoms with Crippen molar-refractivity contribution in [2.45, 2.75) is 0 Å². The quantitative estimate of drug-likeness (QED) is 0.574. The van der Waals surface area contributed by atoms with Crippen molar-refractivity contribution in [2.75, 3.05) is 21.3 Å². The molecule has 5 heteroatoms. The third-order valence-corrected chi connectivity index (χ3v) is 1.90. The van der Waals surface area contributed by atoms with Crippen molar-refractivity contribution in [3.8, 4) is 11.5 Å². The topological polar surface area (TPSA) is 57.1 Å². The van der Waals surface area contributed by atoms with Crippen LogP contribution in [0.25, 0.3) is 0 Å². The Bertz CT molecular complexity index is 401. The summed E-state index contributed by atoms with van der Waals surface area (Å²) in [6.07, 6.45) is 1.09. The Morgan fingerprint density at radius 3 is 2.56 bits per heavy atom. The molecule has 16 heavy (non-hydrogen) atoms. The Morgan fingerprint density at radius 1 is 1.25 bits per heavy atom. The highest BCUT2D eigenvalue weighted by Crippen LogP contribution is 2.30. The van der Waals surface area contributed by atoms with E-state index in [1.807, 2.05) is 0 Å². The van der Waals surface area contributed by atoms with Gasteiger partial charge in [0.2, 0.25) is 0 Å². The lowest BCUT2D eigenvalue weighted by Crippen LogP contribution is -2.00. The third kappa shape index (κ3) is 2.98. The fourth-order valence-corrected chi connectivity index (χ4v) is 1.07. The van der Waals surface area contributed by atoms with Crippen LogP contribution in [0.4, 0.5) is 5.69 Å². The van der Waals surface area contributed by atoms with E-state index >= 15 is 0 Å². The zero-order valence-corrected chi connectivity index (χ0v) is 9.39. The Hall–Kier alpha value is -2.04. The van der Waals surface area contributed by atoms with Crippen LogP contribution in [0, 0.1) is 0 Å². The first-order valence-electron chi connectivity index (χ1n) is 4.55. The maximum atomic E-state index is 10.9. The monoisotopic (exact) mass is 223 g/mol. The minimum atomic E-state index is -0.516. The van der Waals surface area contributed by atoms with Crippen molar-refractivity contribution in [3.63, 3.8) is 0 Å². The Kier molecular flexibility index (Phi) is 4.32. The smallest absolute Gasteiger partial charge is 0.349 e. The number of hydrogen-bond acceptors (Lipinski definition) is 5. The molecular weight excluding hydrogens is 210 g/mol. The lowest BCUT2D eigenvalue weighted by Gasteiger charge is -2.06. The van der Waals surface area contributed by atoms with Gasteiger partial charge in [-0.05, 0) is 12.1 Å². The van der Waals surface area contributed by atoms with Crippen molar-refractivity contribution >= 4 is 17.9 Å². The molecule has 0 bridgehead atoms. The van der Waals surface area contributed by atoms with Gasteiger partial charge in [0.25, 0.3) is 0 Å². The van der Waals surface area contributed by atoms with E-state index in [-0.39, 0.29) is 0 Å². The van der Waals surface area contributed by atoms with Crippen molar-refractivity contribution in [3.05, 3.63) is 18.2 Å². The van der Waals surface area contributed by atoms with Gasteiger partial charge in [-0.15, -0.1) is 0 Å². The van der Waals surface area contributed by atoms with E-state index in [0.717, 1.165) is 6.21 Å². The molecule has 0 aliphatic heterocycles. The fourth-order valence-electron chi connectivity index (χ4n) is 1.07. The van der Waals surface area contributed by atoms with E-state index in [1.54, 1.807) is 25.3 Å². The molecule has 5 nitrogen and oxygen atoms in total. The Morgan fingerprint density at radius 2 is 2.00 bits per heavy atom. The molecule has 0 heterocycles. The summed E-state index contributed by atoms with van der Waals surface area (Å²) in [5, 5.41) is 0. The highest BCUT2D eigenvalue weighted by molar-refractivity contribution is 6.23. The van der Waals surface area contributed by atoms with Crippen molar-refractivity contribution < 1.29 is 19.0 Å². The van der Waals surface area contributed by atoms with Gasteiger partial charge in [0.05, 0.1) is 21.3 Å². The van der Waals surface area contributed by atoms with Crippen LogP contribution in [0.2, 0.25) is 0 Å². The molecule has 0 saturated carbocycles. The highest BCUT2D eigenvalue weighted by atomic mass is 16.5. The van der Waals surface area contributed by atoms with E-state index in [9.17, 15) is 4.79 Å². The van der Waals surface area contributed by atoms with Crippen LogP contribution in [0.15, 0.2) is 23.2 Å². The number of rotatable bonds is 4. The molecule has 0 amide bonds. The first-order valence-corrected chi connectivity index (χ1v) is 4.55. The number of esters is 1. The fraction of sp³-hybridized carbons (Fsp3) is 0.273. The minimum absolute atomic E-state index is 0.516. The average Bonchev–Trinajstić information content (AvgIpc) is 2.35. The van der Waals surface area contributed by atoms with Gasteiger partial charge in [0, 0.05) is 6.07 Å². The lowest BCUT2D eigenvalue weighted by atomic mass is 10.3. The first-order chi connectivity index (χ1) is 7.71. The largest absolute Gasteiger partial charge is 0.497 e. The predicted octanol–water partition coefficient (Wildman–Crippen LogP) is 1.58. The number of nitrogens with zero attached hydrogens (tertiary/aromatic N) is 1. The van der Waals surface area contributed by atoms with Crippen LogP contribution in [-0.4, -0.2) is 33.5 Å². The molecular formula is C11H13NO4. The van der Waals surface area contributed by atoms with Crippen LogP contribution in [-0.2, 0) is 9.53 Å². The van der Waals surface area contributed by atoms with E-state index in [1.165, 1.54) is 14.2 Å². The SMILES string of the molecule is COC(=O)C=Nc1ccc(OC)cc1OC. The Labute approximate surface area is 93.7 Å². The van der Waals surface area contributed by atoms with Gasteiger partial charge in [-0.1, -0.05) is 0 Å². The summed E-state index contributed by atoms with van der Waals surface area (Å²) >= 11 is 0. The molecule has 0 radical (unpaired) electrons. The summed E-state index contributed by atoms with van der Waals surface area (Å²) in [6.45, 7) is 0. The molecule has 86 valence electrons. The number of benzene rings is 1. The van der Waals surface area contributed by atoms with Gasteiger partial charge in [-0.2, -0.15) is 0 Å². The number of ether oxygens (including phenoxy) is 3. The standard InChI is InChI=1S/C11H13NO4/c1-14-8-4-5-9(10(6-8)15-2)12-7-11(13)16-3/h4-7H,1-3H3. The summed E-state index contributed by atoms with van der Waals surface area (Å²) in [5.74, 6) is 0.672. The van der Waals surface area contributed by atoms with Crippen LogP contribution in [0.3, 0.4) is 0 Å². The maximum Gasteiger partial charge on any atom is 0.349 e. The number of carbonyl (C=O) groups excluding carboxylic acids is 1. The summed E-state index contributed by atoms with van der Waals surface area (Å²) in [4.78, 5) is 14.8. The molecule has 0 fully saturated rings. The molecule has 0 spiro atoms. The second-order valence-electron chi connectivity index (χ2n) is 2.82. The van der Waals surface area contributed by atoms with E-state index in [0.29, 0.717) is 17.2 Å². The molecule has 1 aromatic rings. The van der Waals surface area contributed by atoms with Gasteiger partial charge >= 0.3 is 5.97 Å². The van der Waals surface area contributed by atoms with Crippen LogP contribution in [0.5, 0.6) is 11.5 Å². The van der Waals surface area contributed by atoms with Gasteiger partial charge in [0.1, 0.15) is 23.4 Å². The summed E-state index contributed by atoms with van der Waals surface area (Å²) in [5.41, 5.74) is 0.536. The molecule has 1 rings (SSSR count). The molecule has 1 aromatic carbocycles. The van der Waals surface area contributed by atoms with E-state index in [2.05, 4.69) is 9.73 Å². The van der Waals surface area contributed by atoms with Gasteiger partial charge in [-0.3, -0.25) is 0 Å². The van der Waals surface area contributed by atoms with Crippen molar-refractivity contribution in [1.29, 1.82) is 0 Å². The highest BCUT2D eigenvalue weighted by Gasteiger charge is 2.03. The van der Waals surface area contributed by atoms with Gasteiger partial charge in [-0.25, -0.2) is 9.79 Å². The van der Waals surface area contributed by atoms with Crippen LogP contribution in [0.1, 0.15) is 0 Å². The van der Waals surface area contributed by atoms with E-state index in [4.69, 9.17) is 9.47 Å². The number of carbonyl (C=O) groups is 1. The molecule has 0 atom stereocenters. The third-order valence-electron chi connectivity index (χ3n) is 1.90. The van der Waals surface area contributed by atoms with Crippen LogP contribution < -0.4 is 9.47 Å². The van der Waals surface area contributed by atoms with Crippen molar-refractivity contribution in [1.82, 2.24) is 0 Å². The molecule has 0 saturated heterocycles. The average molecular weight is 223 g/mol. The molecule has 0 N–H and O–H groups in total. The first kappa shape index (κ1) is 12.0. The van der Waals surface area contributed by atoms with Gasteiger partial charge in [0.15, 0.2) is 0 Å². The zero-order chi connectivity index (χ0) is 12.0. The predicted molar refractivity (Wildman–Crippen MR) is 59.7 cm³/mol. The van der Waals surface area contributed by atoms with Crippen molar-refractivity contribution in [2.24, 2.45) is 4.99 Å². The van der Waals surface area contributed by atoms with Gasteiger partial charge < -0.3 is 14.2 Å². The molecule has 0 aliphatic carbocycles. The van der Waals surface area contributed by atoms with E-state index < -0.39 is 5.97 Å². The van der Waals surface area contributed by atoms with Crippen LogP contribution >= 0.6 is 0 Å². The number of aliphatic imine (C=N–C) groups is 1. The summed E-state index contributed by atoms with van der Waals surface area (Å²) in [6, 6.07) is 5.10. The zero-order valence-electron chi connectivity index (χ0n) is 9.39. The Balaban J connectivity index is 2.95.